The molecule has 0 spiro atoms. The van der Waals surface area contributed by atoms with Crippen LogP contribution in [-0.2, 0) is 0 Å². The summed E-state index contributed by atoms with van der Waals surface area (Å²) in [6, 6.07) is 28.4. The number of esters is 4. The van der Waals surface area contributed by atoms with Gasteiger partial charge in [0, 0.05) is 12.1 Å². The van der Waals surface area contributed by atoms with Crippen LogP contribution >= 0.6 is 0 Å². The predicted octanol–water partition coefficient (Wildman–Crippen LogP) is 14.9. The average Bonchev–Trinajstić information content (AvgIpc) is 3.34. The maximum Gasteiger partial charge on any atom is 0.346 e. The van der Waals surface area contributed by atoms with Crippen molar-refractivity contribution in [3.05, 3.63) is 143 Å². The van der Waals surface area contributed by atoms with Crippen molar-refractivity contribution in [2.24, 2.45) is 0 Å². The van der Waals surface area contributed by atoms with E-state index < -0.39 is 29.7 Å². The molecule has 0 unspecified atom stereocenters. The number of hydrogen-bond acceptors (Lipinski definition) is 10. The molecule has 362 valence electrons. The Bertz CT molecular complexity index is 2290. The van der Waals surface area contributed by atoms with Crippen LogP contribution in [0.15, 0.2) is 115 Å². The first kappa shape index (κ1) is 52.5. The van der Waals surface area contributed by atoms with Gasteiger partial charge in [0.15, 0.2) is 0 Å². The fourth-order valence-corrected chi connectivity index (χ4v) is 7.40. The summed E-state index contributed by atoms with van der Waals surface area (Å²) in [7, 11) is 0. The maximum atomic E-state index is 14.9. The molecule has 10 nitrogen and oxygen atoms in total. The Hall–Kier alpha value is -6.49. The van der Waals surface area contributed by atoms with Crippen LogP contribution in [0.3, 0.4) is 0 Å². The molecule has 0 bridgehead atoms. The van der Waals surface area contributed by atoms with Crippen LogP contribution in [-0.4, -0.2) is 37.1 Å². The van der Waals surface area contributed by atoms with E-state index in [-0.39, 0.29) is 39.7 Å². The summed E-state index contributed by atoms with van der Waals surface area (Å²) in [5.41, 5.74) is 0.456. The van der Waals surface area contributed by atoms with E-state index >= 15 is 0 Å². The minimum absolute atomic E-state index is 0.0991. The number of carbonyl (C=O) groups is 4. The van der Waals surface area contributed by atoms with Gasteiger partial charge in [-0.05, 0) is 110 Å². The Kier molecular flexibility index (Phi) is 23.2. The molecule has 0 aromatic heterocycles. The van der Waals surface area contributed by atoms with Gasteiger partial charge in [-0.15, -0.1) is 0 Å². The fourth-order valence-electron chi connectivity index (χ4n) is 7.40. The van der Waals surface area contributed by atoms with Gasteiger partial charge in [-0.1, -0.05) is 129 Å². The second kappa shape index (κ2) is 30.0. The molecule has 5 aromatic carbocycles. The van der Waals surface area contributed by atoms with Crippen molar-refractivity contribution in [3.8, 4) is 34.5 Å². The normalized spacial score (nSPS) is 10.9. The van der Waals surface area contributed by atoms with Crippen molar-refractivity contribution < 1.29 is 52.0 Å². The molecular weight excluding hydrogens is 864 g/mol. The SMILES string of the molecule is CCCCCCCCCCCCOc1ccc(C(=O)Oc2ccc(C(=O)Oc3cccc(OC(=O)c4ccc(OC(=O)c5ccc(OCCCCCCCCCCC)cc5F)cc4)c3)cc2)cc1. The zero-order valence-corrected chi connectivity index (χ0v) is 39.8. The lowest BCUT2D eigenvalue weighted by Gasteiger charge is -2.10. The Morgan fingerprint density at radius 2 is 0.691 bits per heavy atom. The molecule has 0 radical (unpaired) electrons. The third-order valence-corrected chi connectivity index (χ3v) is 11.4. The maximum absolute atomic E-state index is 14.9. The molecule has 0 saturated heterocycles. The Morgan fingerprint density at radius 1 is 0.353 bits per heavy atom. The van der Waals surface area contributed by atoms with Crippen LogP contribution < -0.4 is 28.4 Å². The summed E-state index contributed by atoms with van der Waals surface area (Å²) in [5.74, 6) is -1.99. The molecule has 5 aromatic rings. The van der Waals surface area contributed by atoms with E-state index in [4.69, 9.17) is 28.4 Å². The van der Waals surface area contributed by atoms with Crippen molar-refractivity contribution in [1.29, 1.82) is 0 Å². The lowest BCUT2D eigenvalue weighted by atomic mass is 10.1. The summed E-state index contributed by atoms with van der Waals surface area (Å²) in [4.78, 5) is 51.5. The van der Waals surface area contributed by atoms with Crippen LogP contribution in [0.1, 0.15) is 177 Å². The topological polar surface area (TPSA) is 124 Å². The lowest BCUT2D eigenvalue weighted by molar-refractivity contribution is 0.0719. The quantitative estimate of drug-likeness (QED) is 0.0241. The zero-order valence-electron chi connectivity index (χ0n) is 39.8. The second-order valence-corrected chi connectivity index (χ2v) is 17.0. The largest absolute Gasteiger partial charge is 0.494 e. The smallest absolute Gasteiger partial charge is 0.346 e. The molecule has 0 atom stereocenters. The van der Waals surface area contributed by atoms with Gasteiger partial charge < -0.3 is 28.4 Å². The highest BCUT2D eigenvalue weighted by Crippen LogP contribution is 2.25. The number of benzene rings is 5. The van der Waals surface area contributed by atoms with E-state index in [9.17, 15) is 23.6 Å². The highest BCUT2D eigenvalue weighted by Gasteiger charge is 2.18. The number of rotatable bonds is 31. The third-order valence-electron chi connectivity index (χ3n) is 11.4. The monoisotopic (exact) mass is 930 g/mol. The number of unbranched alkanes of at least 4 members (excludes halogenated alkanes) is 17. The van der Waals surface area contributed by atoms with Gasteiger partial charge >= 0.3 is 23.9 Å². The van der Waals surface area contributed by atoms with E-state index in [1.807, 2.05) is 0 Å². The minimum atomic E-state index is -0.897. The van der Waals surface area contributed by atoms with Gasteiger partial charge in [0.25, 0.3) is 0 Å². The zero-order chi connectivity index (χ0) is 48.2. The lowest BCUT2D eigenvalue weighted by Crippen LogP contribution is -2.12. The third kappa shape index (κ3) is 19.0. The number of ether oxygens (including phenoxy) is 6. The molecule has 68 heavy (non-hydrogen) atoms. The molecule has 11 heteroatoms. The summed E-state index contributed by atoms with van der Waals surface area (Å²) >= 11 is 0. The molecule has 0 aliphatic heterocycles. The summed E-state index contributed by atoms with van der Waals surface area (Å²) in [5, 5.41) is 0. The number of halogens is 1. The van der Waals surface area contributed by atoms with E-state index in [0.717, 1.165) is 32.1 Å². The van der Waals surface area contributed by atoms with Gasteiger partial charge in [-0.2, -0.15) is 0 Å². The van der Waals surface area contributed by atoms with E-state index in [1.54, 1.807) is 30.3 Å². The predicted molar refractivity (Wildman–Crippen MR) is 262 cm³/mol. The van der Waals surface area contributed by atoms with Gasteiger partial charge in [0.1, 0.15) is 40.3 Å². The van der Waals surface area contributed by atoms with Crippen LogP contribution in [0.25, 0.3) is 0 Å². The first-order chi connectivity index (χ1) is 33.2. The molecule has 0 amide bonds. The standard InChI is InChI=1S/C57H67FO10/c1-3-5-7-9-11-13-15-17-18-20-39-63-46-31-25-43(26-32-46)54(59)65-47-33-27-44(28-34-47)55(60)67-50-23-22-24-51(41-50)68-56(61)45-29-35-48(36-30-45)66-57(62)52-38-37-49(42-53(52)58)64-40-21-19-16-14-12-10-8-6-4-2/h22-38,41-42H,3-21,39-40H2,1-2H3. The molecule has 0 N–H and O–H groups in total. The van der Waals surface area contributed by atoms with Crippen molar-refractivity contribution in [1.82, 2.24) is 0 Å². The molecule has 0 aliphatic carbocycles. The molecule has 5 rings (SSSR count). The fraction of sp³-hybridized carbons (Fsp3) is 0.404. The Morgan fingerprint density at radius 3 is 1.10 bits per heavy atom. The summed E-state index contributed by atoms with van der Waals surface area (Å²) in [6.45, 7) is 5.55. The van der Waals surface area contributed by atoms with E-state index in [0.29, 0.717) is 30.3 Å². The van der Waals surface area contributed by atoms with Crippen molar-refractivity contribution >= 4 is 23.9 Å². The van der Waals surface area contributed by atoms with Gasteiger partial charge in [0.05, 0.1) is 35.5 Å². The van der Waals surface area contributed by atoms with E-state index in [2.05, 4.69) is 13.8 Å². The van der Waals surface area contributed by atoms with Crippen LogP contribution in [0.4, 0.5) is 4.39 Å². The van der Waals surface area contributed by atoms with Crippen LogP contribution in [0.2, 0.25) is 0 Å². The van der Waals surface area contributed by atoms with Crippen molar-refractivity contribution in [2.45, 2.75) is 136 Å². The molecule has 0 heterocycles. The second-order valence-electron chi connectivity index (χ2n) is 17.0. The van der Waals surface area contributed by atoms with Gasteiger partial charge in [-0.3, -0.25) is 0 Å². The summed E-state index contributed by atoms with van der Waals surface area (Å²) in [6.07, 6.45) is 23.3. The molecule has 0 saturated carbocycles. The number of hydrogen-bond donors (Lipinski definition) is 0. The molecule has 0 aliphatic rings. The average molecular weight is 931 g/mol. The Labute approximate surface area is 401 Å². The van der Waals surface area contributed by atoms with E-state index in [1.165, 1.54) is 175 Å². The molecular formula is C57H67FO10. The first-order valence-electron chi connectivity index (χ1n) is 24.6. The minimum Gasteiger partial charge on any atom is -0.494 e. The van der Waals surface area contributed by atoms with Crippen molar-refractivity contribution in [3.63, 3.8) is 0 Å². The highest BCUT2D eigenvalue weighted by atomic mass is 19.1. The Balaban J connectivity index is 0.993. The summed E-state index contributed by atoms with van der Waals surface area (Å²) < 4.78 is 48.3. The highest BCUT2D eigenvalue weighted by molar-refractivity contribution is 5.94. The molecule has 0 fully saturated rings. The first-order valence-corrected chi connectivity index (χ1v) is 24.6. The van der Waals surface area contributed by atoms with Gasteiger partial charge in [0.2, 0.25) is 0 Å². The number of carbonyl (C=O) groups excluding carboxylic acids is 4. The van der Waals surface area contributed by atoms with Crippen LogP contribution in [0, 0.1) is 5.82 Å². The van der Waals surface area contributed by atoms with Crippen LogP contribution in [0.5, 0.6) is 34.5 Å². The van der Waals surface area contributed by atoms with Gasteiger partial charge in [-0.25, -0.2) is 23.6 Å². The van der Waals surface area contributed by atoms with Crippen molar-refractivity contribution in [2.75, 3.05) is 13.2 Å².